The summed E-state index contributed by atoms with van der Waals surface area (Å²) in [6.45, 7) is 2.32. The van der Waals surface area contributed by atoms with Crippen LogP contribution in [-0.2, 0) is 4.79 Å². The number of aldehydes is 1. The van der Waals surface area contributed by atoms with Crippen LogP contribution < -0.4 is 0 Å². The summed E-state index contributed by atoms with van der Waals surface area (Å²) in [6.07, 6.45) is 22.2. The van der Waals surface area contributed by atoms with Gasteiger partial charge in [0.05, 0.1) is 0 Å². The highest BCUT2D eigenvalue weighted by Gasteiger charge is 2.23. The maximum atomic E-state index is 10.9. The number of hydrogen-bond donors (Lipinski definition) is 0. The molecule has 2 fully saturated rings. The van der Waals surface area contributed by atoms with Crippen molar-refractivity contribution in [3.8, 4) is 0 Å². The normalized spacial score (nSPS) is 32.8. The third-order valence-corrected chi connectivity index (χ3v) is 6.35. The van der Waals surface area contributed by atoms with Crippen molar-refractivity contribution in [3.05, 3.63) is 0 Å². The van der Waals surface area contributed by atoms with Gasteiger partial charge in [-0.3, -0.25) is 0 Å². The highest BCUT2D eigenvalue weighted by Crippen LogP contribution is 2.36. The zero-order chi connectivity index (χ0) is 15.6. The molecule has 0 bridgehead atoms. The molecule has 2 saturated carbocycles. The summed E-state index contributed by atoms with van der Waals surface area (Å²) in [5.41, 5.74) is 0. The van der Waals surface area contributed by atoms with E-state index in [1.807, 2.05) is 0 Å². The van der Waals surface area contributed by atoms with Crippen LogP contribution in [0.25, 0.3) is 0 Å². The SMILES string of the molecule is CCCCC1CCCC(CCCCC2CCCC(C=O)C2)C1. The van der Waals surface area contributed by atoms with Gasteiger partial charge in [0.1, 0.15) is 6.29 Å². The number of rotatable bonds is 9. The summed E-state index contributed by atoms with van der Waals surface area (Å²) in [5.74, 6) is 3.32. The van der Waals surface area contributed by atoms with Crippen molar-refractivity contribution in [1.82, 2.24) is 0 Å². The lowest BCUT2D eigenvalue weighted by molar-refractivity contribution is -0.112. The molecule has 0 amide bonds. The van der Waals surface area contributed by atoms with Crippen molar-refractivity contribution in [1.29, 1.82) is 0 Å². The van der Waals surface area contributed by atoms with Gasteiger partial charge >= 0.3 is 0 Å². The molecule has 0 aromatic carbocycles. The van der Waals surface area contributed by atoms with Gasteiger partial charge < -0.3 is 4.79 Å². The van der Waals surface area contributed by atoms with Crippen LogP contribution in [0.3, 0.4) is 0 Å². The molecule has 2 aliphatic rings. The molecule has 4 unspecified atom stereocenters. The summed E-state index contributed by atoms with van der Waals surface area (Å²) in [4.78, 5) is 10.9. The third kappa shape index (κ3) is 6.42. The van der Waals surface area contributed by atoms with E-state index in [9.17, 15) is 4.79 Å². The van der Waals surface area contributed by atoms with Crippen LogP contribution in [0.2, 0.25) is 0 Å². The van der Waals surface area contributed by atoms with Crippen molar-refractivity contribution in [2.24, 2.45) is 23.7 Å². The molecule has 0 aliphatic heterocycles. The van der Waals surface area contributed by atoms with Crippen LogP contribution >= 0.6 is 0 Å². The molecule has 0 aromatic rings. The standard InChI is InChI=1S/C21H38O/c1-2-3-8-18-11-6-12-19(15-18)9-4-5-10-20-13-7-14-21(16-20)17-22/h17-21H,2-16H2,1H3. The van der Waals surface area contributed by atoms with Crippen LogP contribution in [0.5, 0.6) is 0 Å². The van der Waals surface area contributed by atoms with Crippen LogP contribution in [0.1, 0.15) is 103 Å². The van der Waals surface area contributed by atoms with E-state index in [4.69, 9.17) is 0 Å². The largest absolute Gasteiger partial charge is 0.303 e. The average Bonchev–Trinajstić information content (AvgIpc) is 2.57. The first-order valence-electron chi connectivity index (χ1n) is 10.3. The Kier molecular flexibility index (Phi) is 8.55. The van der Waals surface area contributed by atoms with Crippen molar-refractivity contribution < 1.29 is 4.79 Å². The molecule has 2 aliphatic carbocycles. The van der Waals surface area contributed by atoms with E-state index in [1.165, 1.54) is 96.2 Å². The van der Waals surface area contributed by atoms with Crippen molar-refractivity contribution in [3.63, 3.8) is 0 Å². The Hall–Kier alpha value is -0.330. The van der Waals surface area contributed by atoms with Crippen molar-refractivity contribution in [2.75, 3.05) is 0 Å². The molecule has 0 saturated heterocycles. The van der Waals surface area contributed by atoms with Gasteiger partial charge in [0, 0.05) is 5.92 Å². The summed E-state index contributed by atoms with van der Waals surface area (Å²) in [5, 5.41) is 0. The molecule has 1 heteroatoms. The third-order valence-electron chi connectivity index (χ3n) is 6.35. The number of hydrogen-bond acceptors (Lipinski definition) is 1. The highest BCUT2D eigenvalue weighted by molar-refractivity contribution is 5.53. The van der Waals surface area contributed by atoms with Gasteiger partial charge in [-0.15, -0.1) is 0 Å². The van der Waals surface area contributed by atoms with E-state index in [0.717, 1.165) is 24.2 Å². The van der Waals surface area contributed by atoms with Crippen LogP contribution in [0.15, 0.2) is 0 Å². The number of carbonyl (C=O) groups is 1. The second kappa shape index (κ2) is 10.4. The summed E-state index contributed by atoms with van der Waals surface area (Å²) in [6, 6.07) is 0. The van der Waals surface area contributed by atoms with Crippen molar-refractivity contribution >= 4 is 6.29 Å². The van der Waals surface area contributed by atoms with Gasteiger partial charge in [-0.05, 0) is 37.0 Å². The monoisotopic (exact) mass is 306 g/mol. The van der Waals surface area contributed by atoms with E-state index in [2.05, 4.69) is 6.92 Å². The van der Waals surface area contributed by atoms with Crippen LogP contribution in [0.4, 0.5) is 0 Å². The number of unbranched alkanes of at least 4 members (excludes halogenated alkanes) is 2. The minimum atomic E-state index is 0.386. The van der Waals surface area contributed by atoms with E-state index in [1.54, 1.807) is 0 Å². The molecular formula is C21H38O. The molecule has 4 atom stereocenters. The maximum Gasteiger partial charge on any atom is 0.123 e. The topological polar surface area (TPSA) is 17.1 Å². The zero-order valence-corrected chi connectivity index (χ0v) is 14.9. The Morgan fingerprint density at radius 2 is 1.32 bits per heavy atom. The second-order valence-corrected chi connectivity index (χ2v) is 8.25. The minimum Gasteiger partial charge on any atom is -0.303 e. The lowest BCUT2D eigenvalue weighted by atomic mass is 9.76. The van der Waals surface area contributed by atoms with Crippen LogP contribution in [0, 0.1) is 23.7 Å². The Morgan fingerprint density at radius 3 is 1.91 bits per heavy atom. The highest BCUT2D eigenvalue weighted by atomic mass is 16.1. The average molecular weight is 307 g/mol. The first-order chi connectivity index (χ1) is 10.8. The van der Waals surface area contributed by atoms with E-state index in [0.29, 0.717) is 5.92 Å². The second-order valence-electron chi connectivity index (χ2n) is 8.25. The molecule has 0 N–H and O–H groups in total. The van der Waals surface area contributed by atoms with Gasteiger partial charge in [0.25, 0.3) is 0 Å². The molecule has 0 radical (unpaired) electrons. The lowest BCUT2D eigenvalue weighted by Crippen LogP contribution is -2.17. The fourth-order valence-corrected chi connectivity index (χ4v) is 5.00. The Morgan fingerprint density at radius 1 is 0.773 bits per heavy atom. The van der Waals surface area contributed by atoms with Gasteiger partial charge in [-0.2, -0.15) is 0 Å². The Balaban J connectivity index is 1.55. The minimum absolute atomic E-state index is 0.386. The number of carbonyl (C=O) groups excluding carboxylic acids is 1. The molecule has 2 rings (SSSR count). The molecule has 1 nitrogen and oxygen atoms in total. The molecular weight excluding hydrogens is 268 g/mol. The quantitative estimate of drug-likeness (QED) is 0.349. The fraction of sp³-hybridized carbons (Fsp3) is 0.952. The smallest absolute Gasteiger partial charge is 0.123 e. The van der Waals surface area contributed by atoms with Crippen LogP contribution in [-0.4, -0.2) is 6.29 Å². The molecule has 22 heavy (non-hydrogen) atoms. The predicted molar refractivity (Wildman–Crippen MR) is 95.0 cm³/mol. The Bertz CT molecular complexity index is 298. The molecule has 0 aromatic heterocycles. The van der Waals surface area contributed by atoms with E-state index in [-0.39, 0.29) is 0 Å². The molecule has 0 heterocycles. The predicted octanol–water partition coefficient (Wildman–Crippen LogP) is 6.55. The van der Waals surface area contributed by atoms with Gasteiger partial charge in [0.2, 0.25) is 0 Å². The van der Waals surface area contributed by atoms with Crippen molar-refractivity contribution in [2.45, 2.75) is 103 Å². The Labute approximate surface area is 138 Å². The van der Waals surface area contributed by atoms with Gasteiger partial charge in [0.15, 0.2) is 0 Å². The first-order valence-corrected chi connectivity index (χ1v) is 10.3. The zero-order valence-electron chi connectivity index (χ0n) is 14.9. The summed E-state index contributed by atoms with van der Waals surface area (Å²) < 4.78 is 0. The van der Waals surface area contributed by atoms with E-state index < -0.39 is 0 Å². The molecule has 0 spiro atoms. The summed E-state index contributed by atoms with van der Waals surface area (Å²) in [7, 11) is 0. The lowest BCUT2D eigenvalue weighted by Gasteiger charge is -2.29. The maximum absolute atomic E-state index is 10.9. The first kappa shape index (κ1) is 18.0. The summed E-state index contributed by atoms with van der Waals surface area (Å²) >= 11 is 0. The van der Waals surface area contributed by atoms with Gasteiger partial charge in [-0.25, -0.2) is 0 Å². The van der Waals surface area contributed by atoms with Gasteiger partial charge in [-0.1, -0.05) is 84.0 Å². The van der Waals surface area contributed by atoms with E-state index >= 15 is 0 Å². The fourth-order valence-electron chi connectivity index (χ4n) is 5.00. The molecule has 128 valence electrons.